The third kappa shape index (κ3) is 4.43. The highest BCUT2D eigenvalue weighted by atomic mass is 16.5. The lowest BCUT2D eigenvalue weighted by Crippen LogP contribution is -2.22. The van der Waals surface area contributed by atoms with Crippen molar-refractivity contribution in [2.75, 3.05) is 6.61 Å². The fourth-order valence-electron chi connectivity index (χ4n) is 2.89. The molecule has 2 aromatic heterocycles. The van der Waals surface area contributed by atoms with Gasteiger partial charge in [-0.05, 0) is 54.4 Å². The van der Waals surface area contributed by atoms with Gasteiger partial charge in [-0.1, -0.05) is 25.1 Å². The van der Waals surface area contributed by atoms with Gasteiger partial charge in [0, 0.05) is 23.9 Å². The quantitative estimate of drug-likeness (QED) is 0.501. The zero-order chi connectivity index (χ0) is 20.1. The van der Waals surface area contributed by atoms with Gasteiger partial charge in [0.1, 0.15) is 5.75 Å². The predicted octanol–water partition coefficient (Wildman–Crippen LogP) is 4.61. The van der Waals surface area contributed by atoms with Crippen LogP contribution in [0.5, 0.6) is 5.75 Å². The maximum atomic E-state index is 12.4. The van der Waals surface area contributed by atoms with Gasteiger partial charge in [-0.3, -0.25) is 4.79 Å². The van der Waals surface area contributed by atoms with Crippen LogP contribution in [0, 0.1) is 0 Å². The van der Waals surface area contributed by atoms with E-state index in [0.29, 0.717) is 41.6 Å². The number of fused-ring (bicyclic) bond motifs is 1. The number of nitrogens with one attached hydrogen (secondary N) is 1. The van der Waals surface area contributed by atoms with Crippen molar-refractivity contribution in [3.63, 3.8) is 0 Å². The molecule has 1 N–H and O–H groups in total. The van der Waals surface area contributed by atoms with Crippen molar-refractivity contribution < 1.29 is 13.9 Å². The molecule has 0 bridgehead atoms. The molecule has 0 aliphatic heterocycles. The second-order valence-electron chi connectivity index (χ2n) is 6.60. The van der Waals surface area contributed by atoms with E-state index in [-0.39, 0.29) is 5.91 Å². The summed E-state index contributed by atoms with van der Waals surface area (Å²) < 4.78 is 11.3. The van der Waals surface area contributed by atoms with Crippen LogP contribution < -0.4 is 10.1 Å². The first-order chi connectivity index (χ1) is 14.2. The highest BCUT2D eigenvalue weighted by molar-refractivity contribution is 5.94. The number of hydrogen-bond acceptors (Lipinski definition) is 5. The maximum absolute atomic E-state index is 12.4. The second kappa shape index (κ2) is 8.56. The highest BCUT2D eigenvalue weighted by Gasteiger charge is 2.10. The van der Waals surface area contributed by atoms with E-state index >= 15 is 0 Å². The van der Waals surface area contributed by atoms with Crippen molar-refractivity contribution >= 4 is 17.1 Å². The first kappa shape index (κ1) is 18.7. The van der Waals surface area contributed by atoms with E-state index in [1.807, 2.05) is 55.5 Å². The molecule has 0 radical (unpaired) electrons. The summed E-state index contributed by atoms with van der Waals surface area (Å²) in [5.41, 5.74) is 3.66. The van der Waals surface area contributed by atoms with E-state index in [2.05, 4.69) is 15.3 Å². The molecule has 1 amide bonds. The Labute approximate surface area is 168 Å². The molecule has 0 atom stereocenters. The molecule has 4 aromatic rings. The van der Waals surface area contributed by atoms with E-state index in [0.717, 1.165) is 17.5 Å². The van der Waals surface area contributed by atoms with Crippen LogP contribution in [0.15, 0.2) is 71.3 Å². The summed E-state index contributed by atoms with van der Waals surface area (Å²) in [5.74, 6) is 1.09. The fourth-order valence-corrected chi connectivity index (χ4v) is 2.89. The summed E-state index contributed by atoms with van der Waals surface area (Å²) in [4.78, 5) is 21.0. The van der Waals surface area contributed by atoms with Crippen molar-refractivity contribution in [1.82, 2.24) is 15.3 Å². The zero-order valence-electron chi connectivity index (χ0n) is 16.1. The lowest BCUT2D eigenvalue weighted by molar-refractivity contribution is 0.0950. The van der Waals surface area contributed by atoms with Crippen LogP contribution in [0.1, 0.15) is 29.3 Å². The van der Waals surface area contributed by atoms with E-state index in [9.17, 15) is 4.79 Å². The number of amides is 1. The van der Waals surface area contributed by atoms with Gasteiger partial charge in [0.05, 0.1) is 6.61 Å². The van der Waals surface area contributed by atoms with Gasteiger partial charge in [-0.15, -0.1) is 0 Å². The van der Waals surface area contributed by atoms with Gasteiger partial charge in [0.25, 0.3) is 5.91 Å². The summed E-state index contributed by atoms with van der Waals surface area (Å²) >= 11 is 0. The molecular weight excluding hydrogens is 366 g/mol. The lowest BCUT2D eigenvalue weighted by Gasteiger charge is -2.08. The average Bonchev–Trinajstić information content (AvgIpc) is 3.21. The molecule has 0 unspecified atom stereocenters. The first-order valence-corrected chi connectivity index (χ1v) is 9.55. The number of rotatable bonds is 7. The maximum Gasteiger partial charge on any atom is 0.251 e. The average molecular weight is 387 g/mol. The van der Waals surface area contributed by atoms with Gasteiger partial charge < -0.3 is 14.5 Å². The molecule has 0 aliphatic rings. The summed E-state index contributed by atoms with van der Waals surface area (Å²) in [5, 5.41) is 2.94. The van der Waals surface area contributed by atoms with Gasteiger partial charge >= 0.3 is 0 Å². The summed E-state index contributed by atoms with van der Waals surface area (Å²) in [6.07, 6.45) is 2.61. The summed E-state index contributed by atoms with van der Waals surface area (Å²) in [6, 6.07) is 18.6. The smallest absolute Gasteiger partial charge is 0.251 e. The Balaban J connectivity index is 1.39. The topological polar surface area (TPSA) is 77.2 Å². The molecule has 0 aliphatic carbocycles. The molecule has 0 saturated heterocycles. The molecular formula is C23H21N3O3. The second-order valence-corrected chi connectivity index (χ2v) is 6.60. The Hall–Kier alpha value is -3.67. The number of aromatic nitrogens is 2. The van der Waals surface area contributed by atoms with E-state index in [1.165, 1.54) is 0 Å². The number of nitrogens with zero attached hydrogens (tertiary/aromatic N) is 2. The molecule has 6 heteroatoms. The van der Waals surface area contributed by atoms with Crippen LogP contribution in [-0.4, -0.2) is 22.5 Å². The molecule has 146 valence electrons. The van der Waals surface area contributed by atoms with E-state index in [1.54, 1.807) is 18.3 Å². The number of ether oxygens (including phenoxy) is 1. The number of oxazole rings is 1. The van der Waals surface area contributed by atoms with Gasteiger partial charge in [-0.25, -0.2) is 4.98 Å². The molecule has 2 heterocycles. The SMILES string of the molecule is CCCOc1cccc(C(=O)NCc2ccc(-c3nc4ncccc4o3)cc2)c1. The summed E-state index contributed by atoms with van der Waals surface area (Å²) in [6.45, 7) is 3.10. The lowest BCUT2D eigenvalue weighted by atomic mass is 10.1. The Kier molecular flexibility index (Phi) is 5.52. The van der Waals surface area contributed by atoms with E-state index < -0.39 is 0 Å². The minimum Gasteiger partial charge on any atom is -0.494 e. The highest BCUT2D eigenvalue weighted by Crippen LogP contribution is 2.23. The minimum atomic E-state index is -0.138. The van der Waals surface area contributed by atoms with Gasteiger partial charge in [-0.2, -0.15) is 4.98 Å². The van der Waals surface area contributed by atoms with Crippen LogP contribution >= 0.6 is 0 Å². The minimum absolute atomic E-state index is 0.138. The number of pyridine rings is 1. The van der Waals surface area contributed by atoms with Crippen molar-refractivity contribution in [3.05, 3.63) is 78.0 Å². The Morgan fingerprint density at radius 2 is 1.97 bits per heavy atom. The Morgan fingerprint density at radius 1 is 1.10 bits per heavy atom. The van der Waals surface area contributed by atoms with Crippen LogP contribution in [0.3, 0.4) is 0 Å². The molecule has 0 saturated carbocycles. The van der Waals surface area contributed by atoms with Crippen molar-refractivity contribution in [3.8, 4) is 17.2 Å². The largest absolute Gasteiger partial charge is 0.494 e. The monoisotopic (exact) mass is 387 g/mol. The number of carbonyl (C=O) groups is 1. The van der Waals surface area contributed by atoms with Crippen LogP contribution in [0.4, 0.5) is 0 Å². The standard InChI is InChI=1S/C23H21N3O3/c1-2-13-28-19-6-3-5-18(14-19)22(27)25-15-16-8-10-17(11-9-16)23-26-21-20(29-23)7-4-12-24-21/h3-12,14H,2,13,15H2,1H3,(H,25,27). The molecule has 4 rings (SSSR count). The Bertz CT molecular complexity index is 1090. The zero-order valence-corrected chi connectivity index (χ0v) is 16.1. The van der Waals surface area contributed by atoms with Crippen LogP contribution in [-0.2, 0) is 6.54 Å². The van der Waals surface area contributed by atoms with Crippen molar-refractivity contribution in [2.45, 2.75) is 19.9 Å². The normalized spacial score (nSPS) is 10.8. The van der Waals surface area contributed by atoms with Crippen molar-refractivity contribution in [1.29, 1.82) is 0 Å². The molecule has 29 heavy (non-hydrogen) atoms. The Morgan fingerprint density at radius 3 is 2.76 bits per heavy atom. The third-order valence-corrected chi connectivity index (χ3v) is 4.39. The van der Waals surface area contributed by atoms with E-state index in [4.69, 9.17) is 9.15 Å². The van der Waals surface area contributed by atoms with Crippen LogP contribution in [0.25, 0.3) is 22.7 Å². The first-order valence-electron chi connectivity index (χ1n) is 9.55. The fraction of sp³-hybridized carbons (Fsp3) is 0.174. The van der Waals surface area contributed by atoms with Gasteiger partial charge in [0.15, 0.2) is 11.2 Å². The van der Waals surface area contributed by atoms with Gasteiger partial charge in [0.2, 0.25) is 5.89 Å². The summed E-state index contributed by atoms with van der Waals surface area (Å²) in [7, 11) is 0. The number of carbonyl (C=O) groups excluding carboxylic acids is 1. The predicted molar refractivity (Wildman–Crippen MR) is 111 cm³/mol. The number of hydrogen-bond donors (Lipinski definition) is 1. The molecule has 0 spiro atoms. The number of benzene rings is 2. The molecule has 0 fully saturated rings. The third-order valence-electron chi connectivity index (χ3n) is 4.39. The molecule has 6 nitrogen and oxygen atoms in total. The van der Waals surface area contributed by atoms with Crippen molar-refractivity contribution in [2.24, 2.45) is 0 Å². The molecule has 2 aromatic carbocycles. The van der Waals surface area contributed by atoms with Crippen LogP contribution in [0.2, 0.25) is 0 Å².